The van der Waals surface area contributed by atoms with Gasteiger partial charge in [-0.15, -0.1) is 0 Å². The van der Waals surface area contributed by atoms with Crippen molar-refractivity contribution in [1.82, 2.24) is 10.2 Å². The van der Waals surface area contributed by atoms with E-state index in [0.29, 0.717) is 11.8 Å². The van der Waals surface area contributed by atoms with Crippen LogP contribution in [0.15, 0.2) is 24.3 Å². The van der Waals surface area contributed by atoms with Gasteiger partial charge in [0.1, 0.15) is 0 Å². The molecule has 0 unspecified atom stereocenters. The smallest absolute Gasteiger partial charge is 0.238 e. The summed E-state index contributed by atoms with van der Waals surface area (Å²) < 4.78 is 0. The zero-order valence-electron chi connectivity index (χ0n) is 17.3. The molecule has 2 rings (SSSR count). The van der Waals surface area contributed by atoms with Crippen LogP contribution in [0, 0.1) is 18.8 Å². The van der Waals surface area contributed by atoms with Crippen LogP contribution in [0.2, 0.25) is 0 Å². The van der Waals surface area contributed by atoms with Gasteiger partial charge < -0.3 is 10.6 Å². The molecular weight excluding hydrogens is 338 g/mol. The molecule has 0 heterocycles. The number of para-hydroxylation sites is 1. The van der Waals surface area contributed by atoms with Gasteiger partial charge in [0.05, 0.1) is 13.1 Å². The topological polar surface area (TPSA) is 61.4 Å². The first-order chi connectivity index (χ1) is 12.9. The second-order valence-electron chi connectivity index (χ2n) is 8.02. The Hall–Kier alpha value is -1.88. The molecule has 5 nitrogen and oxygen atoms in total. The lowest BCUT2D eigenvalue weighted by atomic mass is 9.78. The molecule has 27 heavy (non-hydrogen) atoms. The Morgan fingerprint density at radius 1 is 1.11 bits per heavy atom. The standard InChI is InChI=1S/C22H35N3O2/c1-5-13-25(14-21(26)23-19-11-7-6-9-17(19)3)15-22(27)24-20-12-8-10-16(2)18(20)4/h6-7,9,11,16,18,20H,5,8,10,12-15H2,1-4H3,(H,23,26)(H,24,27)/t16-,18-,20-/m0/s1. The molecule has 1 aromatic rings. The van der Waals surface area contributed by atoms with E-state index in [1.54, 1.807) is 0 Å². The van der Waals surface area contributed by atoms with Gasteiger partial charge in [-0.2, -0.15) is 0 Å². The van der Waals surface area contributed by atoms with Crippen LogP contribution < -0.4 is 10.6 Å². The van der Waals surface area contributed by atoms with Crippen LogP contribution in [0.3, 0.4) is 0 Å². The molecule has 0 bridgehead atoms. The first-order valence-corrected chi connectivity index (χ1v) is 10.3. The Bertz CT molecular complexity index is 632. The molecule has 0 aliphatic heterocycles. The zero-order chi connectivity index (χ0) is 19.8. The number of carbonyl (C=O) groups is 2. The third-order valence-corrected chi connectivity index (χ3v) is 5.75. The maximum atomic E-state index is 12.6. The number of nitrogens with zero attached hydrogens (tertiary/aromatic N) is 1. The Labute approximate surface area is 163 Å². The fourth-order valence-electron chi connectivity index (χ4n) is 3.88. The van der Waals surface area contributed by atoms with Crippen molar-refractivity contribution in [2.75, 3.05) is 25.0 Å². The van der Waals surface area contributed by atoms with Crippen LogP contribution in [0.1, 0.15) is 52.0 Å². The quantitative estimate of drug-likeness (QED) is 0.732. The average Bonchev–Trinajstić information content (AvgIpc) is 2.61. The van der Waals surface area contributed by atoms with Crippen LogP contribution >= 0.6 is 0 Å². The van der Waals surface area contributed by atoms with Crippen molar-refractivity contribution in [3.63, 3.8) is 0 Å². The van der Waals surface area contributed by atoms with Crippen LogP contribution in [0.5, 0.6) is 0 Å². The highest BCUT2D eigenvalue weighted by Crippen LogP contribution is 2.29. The van der Waals surface area contributed by atoms with Gasteiger partial charge in [-0.3, -0.25) is 14.5 Å². The number of aryl methyl sites for hydroxylation is 1. The minimum absolute atomic E-state index is 0.0260. The number of anilines is 1. The zero-order valence-corrected chi connectivity index (χ0v) is 17.3. The normalized spacial score (nSPS) is 22.5. The molecule has 0 radical (unpaired) electrons. The number of carbonyl (C=O) groups excluding carboxylic acids is 2. The van der Waals surface area contributed by atoms with E-state index in [-0.39, 0.29) is 30.9 Å². The van der Waals surface area contributed by atoms with E-state index in [9.17, 15) is 9.59 Å². The molecule has 1 saturated carbocycles. The lowest BCUT2D eigenvalue weighted by molar-refractivity contribution is -0.124. The highest BCUT2D eigenvalue weighted by molar-refractivity contribution is 5.93. The van der Waals surface area contributed by atoms with E-state index in [1.165, 1.54) is 12.8 Å². The van der Waals surface area contributed by atoms with E-state index in [0.717, 1.165) is 30.6 Å². The molecular formula is C22H35N3O2. The molecule has 1 aliphatic rings. The van der Waals surface area contributed by atoms with Gasteiger partial charge in [0, 0.05) is 11.7 Å². The number of amides is 2. The average molecular weight is 374 g/mol. The van der Waals surface area contributed by atoms with Crippen LogP contribution in [-0.4, -0.2) is 42.4 Å². The largest absolute Gasteiger partial charge is 0.352 e. The molecule has 1 aliphatic carbocycles. The number of rotatable bonds is 8. The predicted molar refractivity (Wildman–Crippen MR) is 111 cm³/mol. The van der Waals surface area contributed by atoms with Crippen molar-refractivity contribution in [2.24, 2.45) is 11.8 Å². The first-order valence-electron chi connectivity index (χ1n) is 10.3. The highest BCUT2D eigenvalue weighted by atomic mass is 16.2. The second-order valence-corrected chi connectivity index (χ2v) is 8.02. The predicted octanol–water partition coefficient (Wildman–Crippen LogP) is 3.59. The Morgan fingerprint density at radius 2 is 1.81 bits per heavy atom. The highest BCUT2D eigenvalue weighted by Gasteiger charge is 2.28. The Balaban J connectivity index is 1.87. The maximum Gasteiger partial charge on any atom is 0.238 e. The molecule has 0 saturated heterocycles. The summed E-state index contributed by atoms with van der Waals surface area (Å²) in [6.07, 6.45) is 4.38. The van der Waals surface area contributed by atoms with E-state index < -0.39 is 0 Å². The molecule has 150 valence electrons. The maximum absolute atomic E-state index is 12.6. The van der Waals surface area contributed by atoms with Crippen LogP contribution in [-0.2, 0) is 9.59 Å². The summed E-state index contributed by atoms with van der Waals surface area (Å²) in [6.45, 7) is 9.76. The van der Waals surface area contributed by atoms with Crippen molar-refractivity contribution in [1.29, 1.82) is 0 Å². The van der Waals surface area contributed by atoms with Crippen LogP contribution in [0.4, 0.5) is 5.69 Å². The summed E-state index contributed by atoms with van der Waals surface area (Å²) >= 11 is 0. The third-order valence-electron chi connectivity index (χ3n) is 5.75. The van der Waals surface area contributed by atoms with Gasteiger partial charge >= 0.3 is 0 Å². The molecule has 2 amide bonds. The van der Waals surface area contributed by atoms with Crippen molar-refractivity contribution in [3.8, 4) is 0 Å². The second kappa shape index (κ2) is 10.5. The number of nitrogens with one attached hydrogen (secondary N) is 2. The van der Waals surface area contributed by atoms with E-state index in [2.05, 4.69) is 31.4 Å². The SMILES string of the molecule is CCCN(CC(=O)Nc1ccccc1C)CC(=O)N[C@H]1CCC[C@H](C)[C@@H]1C. The Morgan fingerprint density at radius 3 is 2.52 bits per heavy atom. The molecule has 3 atom stereocenters. The van der Waals surface area contributed by atoms with Crippen molar-refractivity contribution >= 4 is 17.5 Å². The Kier molecular flexibility index (Phi) is 8.29. The minimum Gasteiger partial charge on any atom is -0.352 e. The molecule has 1 aromatic carbocycles. The molecule has 0 aromatic heterocycles. The summed E-state index contributed by atoms with van der Waals surface area (Å²) in [5, 5.41) is 6.16. The van der Waals surface area contributed by atoms with Gasteiger partial charge in [-0.05, 0) is 49.8 Å². The molecule has 5 heteroatoms. The molecule has 1 fully saturated rings. The minimum atomic E-state index is -0.0785. The van der Waals surface area contributed by atoms with Crippen molar-refractivity contribution < 1.29 is 9.59 Å². The van der Waals surface area contributed by atoms with Gasteiger partial charge in [0.25, 0.3) is 0 Å². The van der Waals surface area contributed by atoms with Crippen molar-refractivity contribution in [2.45, 2.75) is 59.4 Å². The summed E-state index contributed by atoms with van der Waals surface area (Å²) in [5.41, 5.74) is 1.86. The monoisotopic (exact) mass is 373 g/mol. The van der Waals surface area contributed by atoms with E-state index in [4.69, 9.17) is 0 Å². The number of benzene rings is 1. The lowest BCUT2D eigenvalue weighted by Crippen LogP contribution is -2.48. The van der Waals surface area contributed by atoms with Crippen LogP contribution in [0.25, 0.3) is 0 Å². The van der Waals surface area contributed by atoms with Gasteiger partial charge in [0.2, 0.25) is 11.8 Å². The fourth-order valence-corrected chi connectivity index (χ4v) is 3.88. The van der Waals surface area contributed by atoms with Gasteiger partial charge in [0.15, 0.2) is 0 Å². The lowest BCUT2D eigenvalue weighted by Gasteiger charge is -2.35. The molecule has 2 N–H and O–H groups in total. The third kappa shape index (κ3) is 6.65. The summed E-state index contributed by atoms with van der Waals surface area (Å²) in [5.74, 6) is 1.10. The summed E-state index contributed by atoms with van der Waals surface area (Å²) in [7, 11) is 0. The fraction of sp³-hybridized carbons (Fsp3) is 0.636. The summed E-state index contributed by atoms with van der Waals surface area (Å²) in [6, 6.07) is 7.98. The number of hydrogen-bond donors (Lipinski definition) is 2. The van der Waals surface area contributed by atoms with Crippen molar-refractivity contribution in [3.05, 3.63) is 29.8 Å². The van der Waals surface area contributed by atoms with E-state index >= 15 is 0 Å². The van der Waals surface area contributed by atoms with Gasteiger partial charge in [-0.25, -0.2) is 0 Å². The first kappa shape index (κ1) is 21.4. The number of hydrogen-bond acceptors (Lipinski definition) is 3. The molecule has 0 spiro atoms. The van der Waals surface area contributed by atoms with Gasteiger partial charge in [-0.1, -0.05) is 51.8 Å². The summed E-state index contributed by atoms with van der Waals surface area (Å²) in [4.78, 5) is 26.9. The van der Waals surface area contributed by atoms with E-state index in [1.807, 2.05) is 36.1 Å².